The molecule has 3 rings (SSSR count). The Labute approximate surface area is 155 Å². The van der Waals surface area contributed by atoms with Crippen LogP contribution in [0.4, 0.5) is 14.9 Å². The number of hydrogen-bond donors (Lipinski definition) is 1. The molecule has 0 spiro atoms. The molecule has 1 saturated heterocycles. The molecule has 1 amide bonds. The Balaban J connectivity index is 1.57. The highest BCUT2D eigenvalue weighted by molar-refractivity contribution is 7.88. The van der Waals surface area contributed by atoms with Gasteiger partial charge in [-0.15, -0.1) is 0 Å². The van der Waals surface area contributed by atoms with Crippen LogP contribution in [0, 0.1) is 5.82 Å². The number of amides is 1. The Kier molecular flexibility index (Phi) is 5.45. The molecule has 138 valence electrons. The topological polar surface area (TPSA) is 75.7 Å². The summed E-state index contributed by atoms with van der Waals surface area (Å²) in [4.78, 5) is 13.3. The van der Waals surface area contributed by atoms with Gasteiger partial charge in [0, 0.05) is 17.3 Å². The maximum absolute atomic E-state index is 13.0. The number of carbonyl (C=O) groups is 1. The van der Waals surface area contributed by atoms with Crippen LogP contribution in [0.25, 0.3) is 0 Å². The Bertz CT molecular complexity index is 888. The molecule has 1 aliphatic rings. The molecule has 1 atom stereocenters. The van der Waals surface area contributed by atoms with Crippen molar-refractivity contribution in [2.75, 3.05) is 18.0 Å². The molecule has 0 saturated carbocycles. The smallest absolute Gasteiger partial charge is 0.414 e. The summed E-state index contributed by atoms with van der Waals surface area (Å²) < 4.78 is 44.9. The molecule has 6 nitrogen and oxygen atoms in total. The van der Waals surface area contributed by atoms with E-state index in [2.05, 4.69) is 4.72 Å². The number of cyclic esters (lactones) is 1. The summed E-state index contributed by atoms with van der Waals surface area (Å²) in [6.45, 7) is 0.132. The van der Waals surface area contributed by atoms with E-state index in [-0.39, 0.29) is 18.8 Å². The van der Waals surface area contributed by atoms with Crippen LogP contribution < -0.4 is 9.62 Å². The highest BCUT2D eigenvalue weighted by atomic mass is 35.5. The molecular weight excluding hydrogens is 383 g/mol. The largest absolute Gasteiger partial charge is 0.443 e. The molecule has 26 heavy (non-hydrogen) atoms. The summed E-state index contributed by atoms with van der Waals surface area (Å²) in [6, 6.07) is 11.9. The molecule has 1 aliphatic heterocycles. The summed E-state index contributed by atoms with van der Waals surface area (Å²) >= 11 is 5.78. The second-order valence-corrected chi connectivity index (χ2v) is 8.07. The number of ether oxygens (including phenoxy) is 1. The third kappa shape index (κ3) is 4.72. The normalized spacial score (nSPS) is 17.4. The van der Waals surface area contributed by atoms with Crippen LogP contribution in [0.5, 0.6) is 0 Å². The van der Waals surface area contributed by atoms with Crippen LogP contribution in [-0.4, -0.2) is 33.7 Å². The number of hydrogen-bond acceptors (Lipinski definition) is 4. The molecule has 0 aliphatic carbocycles. The van der Waals surface area contributed by atoms with Gasteiger partial charge in [-0.25, -0.2) is 22.3 Å². The SMILES string of the molecule is O=C1OC(CNS(=O)(=O)Cc2ccc(Cl)cc2)CN1c1ccc(F)cc1. The summed E-state index contributed by atoms with van der Waals surface area (Å²) in [5.74, 6) is -0.611. The number of anilines is 1. The van der Waals surface area contributed by atoms with Crippen molar-refractivity contribution in [3.8, 4) is 0 Å². The molecule has 1 unspecified atom stereocenters. The molecule has 2 aromatic rings. The van der Waals surface area contributed by atoms with Gasteiger partial charge in [0.1, 0.15) is 11.9 Å². The lowest BCUT2D eigenvalue weighted by Gasteiger charge is -2.13. The fourth-order valence-electron chi connectivity index (χ4n) is 2.53. The lowest BCUT2D eigenvalue weighted by atomic mass is 10.2. The van der Waals surface area contributed by atoms with Crippen LogP contribution in [0.2, 0.25) is 5.02 Å². The van der Waals surface area contributed by atoms with E-state index in [0.29, 0.717) is 16.3 Å². The van der Waals surface area contributed by atoms with Gasteiger partial charge in [-0.05, 0) is 42.0 Å². The monoisotopic (exact) mass is 398 g/mol. The molecule has 0 bridgehead atoms. The zero-order chi connectivity index (χ0) is 18.7. The fourth-order valence-corrected chi connectivity index (χ4v) is 3.83. The second kappa shape index (κ2) is 7.61. The number of halogens is 2. The Morgan fingerprint density at radius 3 is 2.46 bits per heavy atom. The molecule has 1 N–H and O–H groups in total. The molecule has 1 fully saturated rings. The minimum atomic E-state index is -3.59. The highest BCUT2D eigenvalue weighted by Crippen LogP contribution is 2.21. The van der Waals surface area contributed by atoms with E-state index in [9.17, 15) is 17.6 Å². The van der Waals surface area contributed by atoms with Crippen LogP contribution in [-0.2, 0) is 20.5 Å². The minimum absolute atomic E-state index is 0.0423. The van der Waals surface area contributed by atoms with E-state index in [0.717, 1.165) is 0 Å². The first kappa shape index (κ1) is 18.6. The zero-order valence-electron chi connectivity index (χ0n) is 13.6. The van der Waals surface area contributed by atoms with Gasteiger partial charge in [-0.1, -0.05) is 23.7 Å². The third-order valence-corrected chi connectivity index (χ3v) is 5.39. The predicted octanol–water partition coefficient (Wildman–Crippen LogP) is 2.92. The molecule has 1 heterocycles. The van der Waals surface area contributed by atoms with E-state index in [1.807, 2.05) is 0 Å². The Morgan fingerprint density at radius 2 is 1.81 bits per heavy atom. The van der Waals surface area contributed by atoms with Gasteiger partial charge < -0.3 is 4.74 Å². The maximum Gasteiger partial charge on any atom is 0.414 e. The molecule has 2 aromatic carbocycles. The predicted molar refractivity (Wildman–Crippen MR) is 96.1 cm³/mol. The van der Waals surface area contributed by atoms with Crippen molar-refractivity contribution in [3.05, 3.63) is 64.9 Å². The van der Waals surface area contributed by atoms with Crippen molar-refractivity contribution in [1.82, 2.24) is 4.72 Å². The summed E-state index contributed by atoms with van der Waals surface area (Å²) in [6.07, 6.45) is -1.23. The third-order valence-electron chi connectivity index (χ3n) is 3.81. The standard InChI is InChI=1S/C17H16ClFN2O4S/c18-13-3-1-12(2-4-13)11-26(23,24)20-9-16-10-21(17(22)25-16)15-7-5-14(19)6-8-15/h1-8,16,20H,9-11H2. The molecule has 0 radical (unpaired) electrons. The number of rotatable bonds is 6. The Morgan fingerprint density at radius 1 is 1.15 bits per heavy atom. The average Bonchev–Trinajstić information content (AvgIpc) is 2.97. The van der Waals surface area contributed by atoms with E-state index in [1.165, 1.54) is 29.2 Å². The van der Waals surface area contributed by atoms with Crippen LogP contribution in [0.1, 0.15) is 5.56 Å². The Hall–Kier alpha value is -2.16. The van der Waals surface area contributed by atoms with Crippen molar-refractivity contribution >= 4 is 33.4 Å². The van der Waals surface area contributed by atoms with Gasteiger partial charge in [-0.3, -0.25) is 4.90 Å². The molecule has 9 heteroatoms. The minimum Gasteiger partial charge on any atom is -0.443 e. The maximum atomic E-state index is 13.0. The summed E-state index contributed by atoms with van der Waals surface area (Å²) in [5, 5.41) is 0.526. The number of nitrogens with zero attached hydrogens (tertiary/aromatic N) is 1. The van der Waals surface area contributed by atoms with E-state index in [1.54, 1.807) is 24.3 Å². The number of carbonyl (C=O) groups excluding carboxylic acids is 1. The summed E-state index contributed by atoms with van der Waals surface area (Å²) in [5.41, 5.74) is 1.08. The first-order chi connectivity index (χ1) is 12.3. The molecular formula is C17H16ClFN2O4S. The second-order valence-electron chi connectivity index (χ2n) is 5.83. The van der Waals surface area contributed by atoms with E-state index in [4.69, 9.17) is 16.3 Å². The van der Waals surface area contributed by atoms with Gasteiger partial charge >= 0.3 is 6.09 Å². The van der Waals surface area contributed by atoms with Gasteiger partial charge in [-0.2, -0.15) is 0 Å². The van der Waals surface area contributed by atoms with Crippen LogP contribution in [0.3, 0.4) is 0 Å². The van der Waals surface area contributed by atoms with Crippen LogP contribution >= 0.6 is 11.6 Å². The lowest BCUT2D eigenvalue weighted by Crippen LogP contribution is -2.35. The quantitative estimate of drug-likeness (QED) is 0.811. The molecule has 0 aromatic heterocycles. The van der Waals surface area contributed by atoms with Gasteiger partial charge in [0.25, 0.3) is 0 Å². The van der Waals surface area contributed by atoms with Crippen molar-refractivity contribution in [3.63, 3.8) is 0 Å². The van der Waals surface area contributed by atoms with E-state index >= 15 is 0 Å². The van der Waals surface area contributed by atoms with Crippen molar-refractivity contribution in [1.29, 1.82) is 0 Å². The first-order valence-electron chi connectivity index (χ1n) is 7.78. The average molecular weight is 399 g/mol. The number of nitrogens with one attached hydrogen (secondary N) is 1. The van der Waals surface area contributed by atoms with Crippen molar-refractivity contribution < 1.29 is 22.3 Å². The first-order valence-corrected chi connectivity index (χ1v) is 9.81. The van der Waals surface area contributed by atoms with Gasteiger partial charge in [0.05, 0.1) is 12.3 Å². The number of benzene rings is 2. The van der Waals surface area contributed by atoms with Crippen molar-refractivity contribution in [2.24, 2.45) is 0 Å². The number of sulfonamides is 1. The van der Waals surface area contributed by atoms with Crippen molar-refractivity contribution in [2.45, 2.75) is 11.9 Å². The van der Waals surface area contributed by atoms with Gasteiger partial charge in [0.2, 0.25) is 10.0 Å². The highest BCUT2D eigenvalue weighted by Gasteiger charge is 2.33. The fraction of sp³-hybridized carbons (Fsp3) is 0.235. The van der Waals surface area contributed by atoms with Crippen LogP contribution in [0.15, 0.2) is 48.5 Å². The lowest BCUT2D eigenvalue weighted by molar-refractivity contribution is 0.143. The zero-order valence-corrected chi connectivity index (χ0v) is 15.1. The van der Waals surface area contributed by atoms with Gasteiger partial charge in [0.15, 0.2) is 0 Å². The van der Waals surface area contributed by atoms with E-state index < -0.39 is 28.0 Å². The summed E-state index contributed by atoms with van der Waals surface area (Å²) in [7, 11) is -3.59.